The van der Waals surface area contributed by atoms with E-state index in [9.17, 15) is 9.59 Å². The number of rotatable bonds is 2. The van der Waals surface area contributed by atoms with Gasteiger partial charge in [-0.25, -0.2) is 0 Å². The highest BCUT2D eigenvalue weighted by Crippen LogP contribution is 2.51. The van der Waals surface area contributed by atoms with Gasteiger partial charge >= 0.3 is 0 Å². The molecule has 0 unspecified atom stereocenters. The molecule has 2 aliphatic carbocycles. The molecule has 3 aliphatic rings. The third kappa shape index (κ3) is 3.61. The van der Waals surface area contributed by atoms with Gasteiger partial charge in [-0.3, -0.25) is 9.59 Å². The summed E-state index contributed by atoms with van der Waals surface area (Å²) in [5.74, 6) is 1.17. The molecule has 1 aliphatic heterocycles. The highest BCUT2D eigenvalue weighted by atomic mass is 79.9. The van der Waals surface area contributed by atoms with Crippen LogP contribution in [0, 0.1) is 10.8 Å². The third-order valence-corrected chi connectivity index (χ3v) is 7.46. The molecule has 0 saturated heterocycles. The third-order valence-electron chi connectivity index (χ3n) is 6.77. The molecule has 32 heavy (non-hydrogen) atoms. The average molecular weight is 494 g/mol. The molecule has 166 valence electrons. The van der Waals surface area contributed by atoms with Crippen LogP contribution in [-0.4, -0.2) is 11.6 Å². The Labute approximate surface area is 197 Å². The molecule has 1 N–H and O–H groups in total. The smallest absolute Gasteiger partial charge is 0.162 e. The van der Waals surface area contributed by atoms with E-state index in [1.165, 1.54) is 0 Å². The van der Waals surface area contributed by atoms with E-state index in [1.54, 1.807) is 0 Å². The standard InChI is InChI=1S/C27H28BrNO3/c1-26(2)11-17-23(19(30)13-26)25(24-18(29-17)12-27(3,4)14-20(24)31)22-10-9-21(32-22)15-7-5-6-8-16(15)28/h5-10,25,29H,11-14H2,1-4H3. The summed E-state index contributed by atoms with van der Waals surface area (Å²) < 4.78 is 7.30. The largest absolute Gasteiger partial charge is 0.460 e. The molecular formula is C27H28BrNO3. The van der Waals surface area contributed by atoms with Crippen molar-refractivity contribution >= 4 is 27.5 Å². The molecule has 1 aromatic carbocycles. The molecule has 2 aromatic rings. The van der Waals surface area contributed by atoms with Crippen LogP contribution in [0.4, 0.5) is 0 Å². The van der Waals surface area contributed by atoms with E-state index < -0.39 is 5.92 Å². The second kappa shape index (κ2) is 7.31. The molecule has 5 heteroatoms. The Morgan fingerprint density at radius 1 is 0.844 bits per heavy atom. The van der Waals surface area contributed by atoms with Gasteiger partial charge in [0, 0.05) is 45.4 Å². The van der Waals surface area contributed by atoms with E-state index in [4.69, 9.17) is 4.42 Å². The van der Waals surface area contributed by atoms with Crippen LogP contribution >= 0.6 is 15.9 Å². The first kappa shape index (κ1) is 21.4. The van der Waals surface area contributed by atoms with Crippen LogP contribution in [0.15, 0.2) is 67.8 Å². The Kier molecular flexibility index (Phi) is 4.90. The van der Waals surface area contributed by atoms with Gasteiger partial charge in [0.25, 0.3) is 0 Å². The van der Waals surface area contributed by atoms with Crippen molar-refractivity contribution in [2.45, 2.75) is 59.3 Å². The predicted molar refractivity (Wildman–Crippen MR) is 128 cm³/mol. The molecule has 0 amide bonds. The zero-order chi connectivity index (χ0) is 22.8. The molecular weight excluding hydrogens is 466 g/mol. The fourth-order valence-corrected chi connectivity index (χ4v) is 5.97. The number of halogens is 1. The first-order valence-electron chi connectivity index (χ1n) is 11.2. The van der Waals surface area contributed by atoms with Gasteiger partial charge in [0.1, 0.15) is 11.5 Å². The van der Waals surface area contributed by atoms with E-state index in [-0.39, 0.29) is 22.4 Å². The van der Waals surface area contributed by atoms with E-state index in [2.05, 4.69) is 48.9 Å². The summed E-state index contributed by atoms with van der Waals surface area (Å²) in [5.41, 5.74) is 4.07. The second-order valence-electron chi connectivity index (χ2n) is 10.9. The van der Waals surface area contributed by atoms with Crippen molar-refractivity contribution in [3.63, 3.8) is 0 Å². The lowest BCUT2D eigenvalue weighted by atomic mass is 9.65. The number of benzene rings is 1. The number of dihydropyridines is 1. The maximum atomic E-state index is 13.4. The number of ketones is 2. The number of nitrogens with one attached hydrogen (secondary N) is 1. The van der Waals surface area contributed by atoms with E-state index in [1.807, 2.05) is 36.4 Å². The van der Waals surface area contributed by atoms with Gasteiger partial charge in [0.15, 0.2) is 11.6 Å². The number of Topliss-reactive ketones (excluding diaryl/α,β-unsaturated/α-hetero) is 2. The summed E-state index contributed by atoms with van der Waals surface area (Å²) in [7, 11) is 0. The molecule has 4 nitrogen and oxygen atoms in total. The molecule has 0 bridgehead atoms. The molecule has 2 heterocycles. The van der Waals surface area contributed by atoms with Crippen LogP contribution in [0.5, 0.6) is 0 Å². The number of hydrogen-bond donors (Lipinski definition) is 1. The first-order chi connectivity index (χ1) is 15.0. The topological polar surface area (TPSA) is 59.3 Å². The Balaban J connectivity index is 1.67. The van der Waals surface area contributed by atoms with Gasteiger partial charge in [0.05, 0.1) is 5.92 Å². The summed E-state index contributed by atoms with van der Waals surface area (Å²) >= 11 is 3.60. The lowest BCUT2D eigenvalue weighted by Crippen LogP contribution is -2.42. The highest BCUT2D eigenvalue weighted by molar-refractivity contribution is 9.10. The van der Waals surface area contributed by atoms with Gasteiger partial charge in [0.2, 0.25) is 0 Å². The maximum Gasteiger partial charge on any atom is 0.162 e. The lowest BCUT2D eigenvalue weighted by Gasteiger charge is -2.43. The van der Waals surface area contributed by atoms with Crippen LogP contribution < -0.4 is 5.32 Å². The van der Waals surface area contributed by atoms with Gasteiger partial charge in [-0.05, 0) is 41.9 Å². The van der Waals surface area contributed by atoms with E-state index in [0.29, 0.717) is 29.7 Å². The van der Waals surface area contributed by atoms with Crippen LogP contribution in [0.2, 0.25) is 0 Å². The SMILES string of the molecule is CC1(C)CC(=O)C2=C(C1)NC1=C(C(=O)CC(C)(C)C1)C2c1ccc(-c2ccccc2Br)o1. The monoisotopic (exact) mass is 493 g/mol. The maximum absolute atomic E-state index is 13.4. The van der Waals surface area contributed by atoms with Crippen molar-refractivity contribution in [1.29, 1.82) is 0 Å². The van der Waals surface area contributed by atoms with E-state index in [0.717, 1.165) is 40.0 Å². The zero-order valence-corrected chi connectivity index (χ0v) is 20.6. The quantitative estimate of drug-likeness (QED) is 0.506. The Morgan fingerprint density at radius 3 is 1.97 bits per heavy atom. The minimum Gasteiger partial charge on any atom is -0.460 e. The van der Waals surface area contributed by atoms with Gasteiger partial charge in [-0.15, -0.1) is 0 Å². The first-order valence-corrected chi connectivity index (χ1v) is 12.0. The zero-order valence-electron chi connectivity index (χ0n) is 19.0. The normalized spacial score (nSPS) is 22.5. The molecule has 0 fully saturated rings. The Bertz CT molecular complexity index is 1160. The number of allylic oxidation sites excluding steroid dienone is 4. The van der Waals surface area contributed by atoms with Gasteiger partial charge in [-0.2, -0.15) is 0 Å². The van der Waals surface area contributed by atoms with Crippen molar-refractivity contribution in [2.75, 3.05) is 0 Å². The summed E-state index contributed by atoms with van der Waals surface area (Å²) in [4.78, 5) is 26.8. The van der Waals surface area contributed by atoms with Crippen molar-refractivity contribution < 1.29 is 14.0 Å². The molecule has 0 spiro atoms. The van der Waals surface area contributed by atoms with Crippen molar-refractivity contribution in [3.05, 3.63) is 69.2 Å². The molecule has 0 radical (unpaired) electrons. The molecule has 0 atom stereocenters. The summed E-state index contributed by atoms with van der Waals surface area (Å²) in [6, 6.07) is 11.8. The van der Waals surface area contributed by atoms with Crippen molar-refractivity contribution in [3.8, 4) is 11.3 Å². The summed E-state index contributed by atoms with van der Waals surface area (Å²) in [6.07, 6.45) is 2.52. The predicted octanol–water partition coefficient (Wildman–Crippen LogP) is 6.68. The number of carbonyl (C=O) groups excluding carboxylic acids is 2. The molecule has 5 rings (SSSR count). The second-order valence-corrected chi connectivity index (χ2v) is 11.8. The minimum atomic E-state index is -0.440. The molecule has 1 aromatic heterocycles. The highest BCUT2D eigenvalue weighted by Gasteiger charge is 2.47. The fraction of sp³-hybridized carbons (Fsp3) is 0.407. The average Bonchev–Trinajstić information content (AvgIpc) is 3.14. The van der Waals surface area contributed by atoms with Crippen LogP contribution in [0.25, 0.3) is 11.3 Å². The Hall–Kier alpha value is -2.40. The van der Waals surface area contributed by atoms with E-state index >= 15 is 0 Å². The van der Waals surface area contributed by atoms with Crippen molar-refractivity contribution in [1.82, 2.24) is 5.32 Å². The van der Waals surface area contributed by atoms with Crippen LogP contribution in [-0.2, 0) is 9.59 Å². The molecule has 0 saturated carbocycles. The summed E-state index contributed by atoms with van der Waals surface area (Å²) in [5, 5.41) is 3.55. The minimum absolute atomic E-state index is 0.108. The van der Waals surface area contributed by atoms with Gasteiger partial charge in [-0.1, -0.05) is 61.8 Å². The van der Waals surface area contributed by atoms with Gasteiger partial charge < -0.3 is 9.73 Å². The fourth-order valence-electron chi connectivity index (χ4n) is 5.49. The summed E-state index contributed by atoms with van der Waals surface area (Å²) in [6.45, 7) is 8.51. The number of carbonyl (C=O) groups is 2. The van der Waals surface area contributed by atoms with Crippen LogP contribution in [0.3, 0.4) is 0 Å². The lowest BCUT2D eigenvalue weighted by molar-refractivity contribution is -0.119. The van der Waals surface area contributed by atoms with Crippen molar-refractivity contribution in [2.24, 2.45) is 10.8 Å². The number of hydrogen-bond acceptors (Lipinski definition) is 4. The number of furan rings is 1. The van der Waals surface area contributed by atoms with Crippen LogP contribution in [0.1, 0.15) is 65.1 Å². The Morgan fingerprint density at radius 2 is 1.41 bits per heavy atom.